The molecule has 0 aromatic heterocycles. The van der Waals surface area contributed by atoms with Gasteiger partial charge in [0, 0.05) is 0 Å². The first-order valence-corrected chi connectivity index (χ1v) is 3.99. The van der Waals surface area contributed by atoms with Crippen molar-refractivity contribution in [3.05, 3.63) is 25.3 Å². The molecule has 0 rings (SSSR count). The van der Waals surface area contributed by atoms with Crippen LogP contribution in [0, 0.1) is 0 Å². The summed E-state index contributed by atoms with van der Waals surface area (Å²) in [5.41, 5.74) is 0. The normalized spacial score (nSPS) is 9.08. The van der Waals surface area contributed by atoms with Gasteiger partial charge in [0.25, 0.3) is 0 Å². The number of carbonyl (C=O) groups excluding carboxylic acids is 2. The van der Waals surface area contributed by atoms with Gasteiger partial charge in [-0.15, -0.1) is 0 Å². The molecule has 72 valence electrons. The van der Waals surface area contributed by atoms with Crippen molar-refractivity contribution in [3.63, 3.8) is 0 Å². The van der Waals surface area contributed by atoms with Gasteiger partial charge in [0.2, 0.25) is 11.8 Å². The first kappa shape index (κ1) is 11.4. The molecule has 0 atom stereocenters. The molecule has 0 saturated carbocycles. The molecule has 0 aromatic rings. The SMILES string of the molecule is C=CC(=O)NC(CC)NC(=O)C=C. The van der Waals surface area contributed by atoms with Crippen LogP contribution in [0.3, 0.4) is 0 Å². The number of nitrogens with one attached hydrogen (secondary N) is 2. The summed E-state index contributed by atoms with van der Waals surface area (Å²) in [6, 6.07) is 0. The van der Waals surface area contributed by atoms with Crippen LogP contribution in [0.1, 0.15) is 13.3 Å². The predicted molar refractivity (Wildman–Crippen MR) is 50.8 cm³/mol. The lowest BCUT2D eigenvalue weighted by atomic mass is 10.3. The van der Waals surface area contributed by atoms with Crippen LogP contribution in [-0.4, -0.2) is 18.0 Å². The van der Waals surface area contributed by atoms with Crippen LogP contribution in [0.15, 0.2) is 25.3 Å². The Morgan fingerprint density at radius 3 is 1.85 bits per heavy atom. The third-order valence-electron chi connectivity index (χ3n) is 1.41. The van der Waals surface area contributed by atoms with Gasteiger partial charge < -0.3 is 10.6 Å². The maximum Gasteiger partial charge on any atom is 0.244 e. The first-order valence-electron chi connectivity index (χ1n) is 3.99. The average molecular weight is 182 g/mol. The minimum absolute atomic E-state index is 0.309. The quantitative estimate of drug-likeness (QED) is 0.475. The van der Waals surface area contributed by atoms with E-state index in [1.165, 1.54) is 0 Å². The maximum atomic E-state index is 10.8. The Kier molecular flexibility index (Phi) is 5.27. The molecular weight excluding hydrogens is 168 g/mol. The van der Waals surface area contributed by atoms with Crippen molar-refractivity contribution in [2.24, 2.45) is 0 Å². The number of hydrogen-bond donors (Lipinski definition) is 2. The summed E-state index contributed by atoms with van der Waals surface area (Å²) in [7, 11) is 0. The summed E-state index contributed by atoms with van der Waals surface area (Å²) >= 11 is 0. The van der Waals surface area contributed by atoms with Crippen molar-refractivity contribution in [2.75, 3.05) is 0 Å². The zero-order valence-electron chi connectivity index (χ0n) is 7.67. The number of rotatable bonds is 5. The highest BCUT2D eigenvalue weighted by molar-refractivity contribution is 5.89. The Morgan fingerprint density at radius 2 is 1.62 bits per heavy atom. The minimum atomic E-state index is -0.365. The van der Waals surface area contributed by atoms with Crippen molar-refractivity contribution in [2.45, 2.75) is 19.5 Å². The molecule has 13 heavy (non-hydrogen) atoms. The van der Waals surface area contributed by atoms with Gasteiger partial charge in [-0.05, 0) is 18.6 Å². The highest BCUT2D eigenvalue weighted by Gasteiger charge is 2.08. The Morgan fingerprint density at radius 1 is 1.23 bits per heavy atom. The molecule has 0 fully saturated rings. The number of amides is 2. The Balaban J connectivity index is 4.02. The van der Waals surface area contributed by atoms with E-state index in [-0.39, 0.29) is 18.0 Å². The molecule has 0 bridgehead atoms. The van der Waals surface area contributed by atoms with Crippen LogP contribution in [0.5, 0.6) is 0 Å². The Bertz CT molecular complexity index is 202. The van der Waals surface area contributed by atoms with E-state index in [1.54, 1.807) is 0 Å². The van der Waals surface area contributed by atoms with Crippen molar-refractivity contribution >= 4 is 11.8 Å². The molecule has 0 aromatic carbocycles. The molecule has 0 aliphatic rings. The maximum absolute atomic E-state index is 10.8. The van der Waals surface area contributed by atoms with Crippen LogP contribution in [0.25, 0.3) is 0 Å². The molecule has 2 amide bonds. The summed E-state index contributed by atoms with van der Waals surface area (Å²) in [6.07, 6.45) is 2.56. The second kappa shape index (κ2) is 5.99. The van der Waals surface area contributed by atoms with Crippen molar-refractivity contribution in [1.29, 1.82) is 0 Å². The molecule has 4 nitrogen and oxygen atoms in total. The fourth-order valence-electron chi connectivity index (χ4n) is 0.702. The molecule has 0 radical (unpaired) electrons. The van der Waals surface area contributed by atoms with Gasteiger partial charge in [0.05, 0.1) is 0 Å². The Labute approximate surface area is 77.7 Å². The van der Waals surface area contributed by atoms with Crippen LogP contribution in [0.4, 0.5) is 0 Å². The second-order valence-electron chi connectivity index (χ2n) is 2.39. The van der Waals surface area contributed by atoms with Crippen molar-refractivity contribution < 1.29 is 9.59 Å². The lowest BCUT2D eigenvalue weighted by Crippen LogP contribution is -2.46. The summed E-state index contributed by atoms with van der Waals surface area (Å²) in [4.78, 5) is 21.7. The van der Waals surface area contributed by atoms with Crippen LogP contribution in [-0.2, 0) is 9.59 Å². The van der Waals surface area contributed by atoms with E-state index < -0.39 is 0 Å². The topological polar surface area (TPSA) is 58.2 Å². The summed E-state index contributed by atoms with van der Waals surface area (Å²) in [5, 5.41) is 5.09. The fourth-order valence-corrected chi connectivity index (χ4v) is 0.702. The largest absolute Gasteiger partial charge is 0.332 e. The van der Waals surface area contributed by atoms with Crippen LogP contribution >= 0.6 is 0 Å². The molecule has 0 saturated heterocycles. The lowest BCUT2D eigenvalue weighted by molar-refractivity contribution is -0.119. The van der Waals surface area contributed by atoms with Gasteiger partial charge in [0.1, 0.15) is 6.17 Å². The average Bonchev–Trinajstić information content (AvgIpc) is 2.16. The monoisotopic (exact) mass is 182 g/mol. The molecule has 0 aliphatic carbocycles. The third-order valence-corrected chi connectivity index (χ3v) is 1.41. The summed E-state index contributed by atoms with van der Waals surface area (Å²) < 4.78 is 0. The number of carbonyl (C=O) groups is 2. The number of hydrogen-bond acceptors (Lipinski definition) is 2. The summed E-state index contributed by atoms with van der Waals surface area (Å²) in [6.45, 7) is 8.45. The molecule has 2 N–H and O–H groups in total. The van der Waals surface area contributed by atoms with E-state index in [0.29, 0.717) is 6.42 Å². The predicted octanol–water partition coefficient (Wildman–Crippen LogP) is 0.327. The van der Waals surface area contributed by atoms with E-state index in [1.807, 2.05) is 6.92 Å². The van der Waals surface area contributed by atoms with Gasteiger partial charge in [0.15, 0.2) is 0 Å². The highest BCUT2D eigenvalue weighted by atomic mass is 16.2. The van der Waals surface area contributed by atoms with Crippen molar-refractivity contribution in [3.8, 4) is 0 Å². The molecule has 0 spiro atoms. The van der Waals surface area contributed by atoms with Crippen molar-refractivity contribution in [1.82, 2.24) is 10.6 Å². The van der Waals surface area contributed by atoms with E-state index in [9.17, 15) is 9.59 Å². The third kappa shape index (κ3) is 4.79. The van der Waals surface area contributed by atoms with E-state index in [2.05, 4.69) is 23.8 Å². The molecule has 4 heteroatoms. The first-order chi connectivity index (χ1) is 6.13. The van der Waals surface area contributed by atoms with Crippen LogP contribution < -0.4 is 10.6 Å². The molecule has 0 unspecified atom stereocenters. The molecule has 0 aliphatic heterocycles. The molecule has 0 heterocycles. The molecular formula is C9H14N2O2. The smallest absolute Gasteiger partial charge is 0.244 e. The highest BCUT2D eigenvalue weighted by Crippen LogP contribution is 1.86. The van der Waals surface area contributed by atoms with Gasteiger partial charge >= 0.3 is 0 Å². The zero-order valence-corrected chi connectivity index (χ0v) is 7.67. The van der Waals surface area contributed by atoms with Gasteiger partial charge in [-0.25, -0.2) is 0 Å². The van der Waals surface area contributed by atoms with E-state index >= 15 is 0 Å². The van der Waals surface area contributed by atoms with E-state index in [0.717, 1.165) is 12.2 Å². The lowest BCUT2D eigenvalue weighted by Gasteiger charge is -2.16. The fraction of sp³-hybridized carbons (Fsp3) is 0.333. The summed E-state index contributed by atoms with van der Waals surface area (Å²) in [5.74, 6) is -0.618. The van der Waals surface area contributed by atoms with Crippen LogP contribution in [0.2, 0.25) is 0 Å². The van der Waals surface area contributed by atoms with Gasteiger partial charge in [-0.2, -0.15) is 0 Å². The van der Waals surface area contributed by atoms with Gasteiger partial charge in [-0.3, -0.25) is 9.59 Å². The standard InChI is InChI=1S/C9H14N2O2/c1-4-7(10-8(12)5-2)11-9(13)6-3/h5-7H,2-4H2,1H3,(H,10,12)(H,11,13). The minimum Gasteiger partial charge on any atom is -0.332 e. The van der Waals surface area contributed by atoms with E-state index in [4.69, 9.17) is 0 Å². The second-order valence-corrected chi connectivity index (χ2v) is 2.39. The Hall–Kier alpha value is -1.58. The zero-order chi connectivity index (χ0) is 10.3. The van der Waals surface area contributed by atoms with Gasteiger partial charge in [-0.1, -0.05) is 20.1 Å².